The van der Waals surface area contributed by atoms with Gasteiger partial charge in [-0.3, -0.25) is 4.79 Å². The lowest BCUT2D eigenvalue weighted by Crippen LogP contribution is -2.46. The maximum absolute atomic E-state index is 11.5. The monoisotopic (exact) mass is 308 g/mol. The fraction of sp³-hybridized carbons (Fsp3) is 0.818. The molecular weight excluding hydrogens is 288 g/mol. The molecule has 0 aliphatic heterocycles. The Kier molecular flexibility index (Phi) is 6.37. The second-order valence-electron chi connectivity index (χ2n) is 4.71. The van der Waals surface area contributed by atoms with Crippen molar-refractivity contribution < 1.29 is 27.9 Å². The highest BCUT2D eigenvalue weighted by atomic mass is 32.2. The topological polar surface area (TPSA) is 122 Å². The Balaban J connectivity index is 2.33. The van der Waals surface area contributed by atoms with Crippen molar-refractivity contribution in [1.29, 1.82) is 0 Å². The molecule has 20 heavy (non-hydrogen) atoms. The van der Waals surface area contributed by atoms with Gasteiger partial charge in [0.1, 0.15) is 6.04 Å². The number of ether oxygens (including phenoxy) is 1. The first kappa shape index (κ1) is 16.9. The van der Waals surface area contributed by atoms with Gasteiger partial charge in [-0.1, -0.05) is 0 Å². The Hall–Kier alpha value is -1.19. The van der Waals surface area contributed by atoms with Crippen LogP contribution in [0, 0.1) is 5.92 Å². The summed E-state index contributed by atoms with van der Waals surface area (Å²) < 4.78 is 29.9. The molecule has 0 aromatic carbocycles. The number of carboxylic acids is 1. The third-order valence-corrected chi connectivity index (χ3v) is 4.30. The highest BCUT2D eigenvalue weighted by Crippen LogP contribution is 2.32. The van der Waals surface area contributed by atoms with Crippen LogP contribution >= 0.6 is 0 Å². The van der Waals surface area contributed by atoms with Crippen molar-refractivity contribution in [2.24, 2.45) is 5.92 Å². The summed E-state index contributed by atoms with van der Waals surface area (Å²) >= 11 is 0. The standard InChI is InChI=1S/C11H20N2O6S/c1-19-5-2-6-20(17,18)12-7-9(14)13-10(11(15)16)8-3-4-8/h8,10,12H,2-7H2,1H3,(H,13,14)(H,15,16). The first-order chi connectivity index (χ1) is 9.35. The molecule has 0 bridgehead atoms. The molecule has 0 aromatic heterocycles. The number of sulfonamides is 1. The molecule has 1 saturated carbocycles. The molecule has 1 fully saturated rings. The van der Waals surface area contributed by atoms with Gasteiger partial charge in [0.2, 0.25) is 15.9 Å². The summed E-state index contributed by atoms with van der Waals surface area (Å²) in [5.41, 5.74) is 0. The lowest BCUT2D eigenvalue weighted by atomic mass is 10.2. The maximum atomic E-state index is 11.5. The summed E-state index contributed by atoms with van der Waals surface area (Å²) in [6, 6.07) is -0.930. The molecule has 1 rings (SSSR count). The Morgan fingerprint density at radius 1 is 1.40 bits per heavy atom. The van der Waals surface area contributed by atoms with Crippen molar-refractivity contribution in [3.8, 4) is 0 Å². The zero-order valence-corrected chi connectivity index (χ0v) is 12.1. The number of carbonyl (C=O) groups excluding carboxylic acids is 1. The quantitative estimate of drug-likeness (QED) is 0.441. The number of carboxylic acid groups (broad SMARTS) is 1. The average molecular weight is 308 g/mol. The van der Waals surface area contributed by atoms with E-state index in [1.807, 2.05) is 0 Å². The zero-order chi connectivity index (χ0) is 15.2. The molecule has 0 aromatic rings. The Labute approximate surface area is 117 Å². The second kappa shape index (κ2) is 7.55. The van der Waals surface area contributed by atoms with E-state index >= 15 is 0 Å². The van der Waals surface area contributed by atoms with E-state index in [0.29, 0.717) is 13.0 Å². The molecule has 3 N–H and O–H groups in total. The SMILES string of the molecule is COCCCS(=O)(=O)NCC(=O)NC(C(=O)O)C1CC1. The number of carbonyl (C=O) groups is 2. The predicted molar refractivity (Wildman–Crippen MR) is 70.6 cm³/mol. The van der Waals surface area contributed by atoms with Crippen molar-refractivity contribution in [2.45, 2.75) is 25.3 Å². The van der Waals surface area contributed by atoms with Gasteiger partial charge in [-0.2, -0.15) is 0 Å². The van der Waals surface area contributed by atoms with Crippen molar-refractivity contribution in [2.75, 3.05) is 26.0 Å². The van der Waals surface area contributed by atoms with E-state index in [9.17, 15) is 18.0 Å². The van der Waals surface area contributed by atoms with Crippen LogP contribution in [0.15, 0.2) is 0 Å². The van der Waals surface area contributed by atoms with Gasteiger partial charge >= 0.3 is 5.97 Å². The van der Waals surface area contributed by atoms with Gasteiger partial charge < -0.3 is 15.2 Å². The second-order valence-corrected chi connectivity index (χ2v) is 6.63. The van der Waals surface area contributed by atoms with Crippen LogP contribution in [0.3, 0.4) is 0 Å². The molecule has 0 radical (unpaired) electrons. The molecule has 0 saturated heterocycles. The van der Waals surface area contributed by atoms with Crippen LogP contribution in [0.1, 0.15) is 19.3 Å². The summed E-state index contributed by atoms with van der Waals surface area (Å²) in [6.45, 7) is -0.137. The summed E-state index contributed by atoms with van der Waals surface area (Å²) in [4.78, 5) is 22.5. The van der Waals surface area contributed by atoms with E-state index in [0.717, 1.165) is 12.8 Å². The van der Waals surface area contributed by atoms with Crippen molar-refractivity contribution >= 4 is 21.9 Å². The van der Waals surface area contributed by atoms with E-state index in [-0.39, 0.29) is 11.7 Å². The summed E-state index contributed by atoms with van der Waals surface area (Å²) in [5, 5.41) is 11.3. The van der Waals surface area contributed by atoms with Crippen LogP contribution < -0.4 is 10.0 Å². The fourth-order valence-corrected chi connectivity index (χ4v) is 2.67. The molecule has 1 atom stereocenters. The molecule has 8 nitrogen and oxygen atoms in total. The first-order valence-electron chi connectivity index (χ1n) is 6.34. The third kappa shape index (κ3) is 6.31. The number of aliphatic carboxylic acids is 1. The predicted octanol–water partition coefficient (Wildman–Crippen LogP) is -1.08. The van der Waals surface area contributed by atoms with Gasteiger partial charge in [-0.25, -0.2) is 17.9 Å². The molecular formula is C11H20N2O6S. The Bertz CT molecular complexity index is 446. The van der Waals surface area contributed by atoms with Crippen LogP contribution in [0.4, 0.5) is 0 Å². The number of methoxy groups -OCH3 is 1. The van der Waals surface area contributed by atoms with E-state index in [1.165, 1.54) is 7.11 Å². The van der Waals surface area contributed by atoms with Gasteiger partial charge in [0.05, 0.1) is 12.3 Å². The number of hydrogen-bond acceptors (Lipinski definition) is 5. The first-order valence-corrected chi connectivity index (χ1v) is 7.99. The summed E-state index contributed by atoms with van der Waals surface area (Å²) in [6.07, 6.45) is 1.85. The van der Waals surface area contributed by atoms with E-state index in [4.69, 9.17) is 9.84 Å². The highest BCUT2D eigenvalue weighted by Gasteiger charge is 2.37. The van der Waals surface area contributed by atoms with Gasteiger partial charge in [0.25, 0.3) is 0 Å². The highest BCUT2D eigenvalue weighted by molar-refractivity contribution is 7.89. The average Bonchev–Trinajstić information content (AvgIpc) is 3.17. The van der Waals surface area contributed by atoms with Crippen LogP contribution in [0.2, 0.25) is 0 Å². The van der Waals surface area contributed by atoms with Gasteiger partial charge in [0, 0.05) is 13.7 Å². The smallest absolute Gasteiger partial charge is 0.326 e. The summed E-state index contributed by atoms with van der Waals surface area (Å²) in [5.74, 6) is -1.92. The number of amides is 1. The van der Waals surface area contributed by atoms with Crippen molar-refractivity contribution in [3.05, 3.63) is 0 Å². The molecule has 1 aliphatic carbocycles. The fourth-order valence-electron chi connectivity index (χ4n) is 1.68. The van der Waals surface area contributed by atoms with E-state index in [1.54, 1.807) is 0 Å². The molecule has 1 unspecified atom stereocenters. The minimum atomic E-state index is -3.55. The normalized spacial score (nSPS) is 16.6. The lowest BCUT2D eigenvalue weighted by molar-refractivity contribution is -0.142. The minimum absolute atomic E-state index is 0.0465. The summed E-state index contributed by atoms with van der Waals surface area (Å²) in [7, 11) is -2.08. The van der Waals surface area contributed by atoms with Crippen LogP contribution in [0.5, 0.6) is 0 Å². The van der Waals surface area contributed by atoms with Crippen LogP contribution in [-0.2, 0) is 24.3 Å². The van der Waals surface area contributed by atoms with E-state index in [2.05, 4.69) is 10.0 Å². The zero-order valence-electron chi connectivity index (χ0n) is 11.3. The number of hydrogen-bond donors (Lipinski definition) is 3. The van der Waals surface area contributed by atoms with Crippen molar-refractivity contribution in [3.63, 3.8) is 0 Å². The molecule has 9 heteroatoms. The third-order valence-electron chi connectivity index (χ3n) is 2.89. The van der Waals surface area contributed by atoms with Gasteiger partial charge in [0.15, 0.2) is 0 Å². The number of rotatable bonds is 10. The minimum Gasteiger partial charge on any atom is -0.480 e. The Morgan fingerprint density at radius 3 is 2.55 bits per heavy atom. The van der Waals surface area contributed by atoms with Crippen molar-refractivity contribution in [1.82, 2.24) is 10.0 Å². The van der Waals surface area contributed by atoms with Gasteiger partial charge in [-0.15, -0.1) is 0 Å². The molecule has 0 heterocycles. The van der Waals surface area contributed by atoms with Gasteiger partial charge in [-0.05, 0) is 25.2 Å². The molecule has 1 amide bonds. The molecule has 1 aliphatic rings. The Morgan fingerprint density at radius 2 is 2.05 bits per heavy atom. The maximum Gasteiger partial charge on any atom is 0.326 e. The van der Waals surface area contributed by atoms with Crippen LogP contribution in [-0.4, -0.2) is 57.5 Å². The molecule has 116 valence electrons. The van der Waals surface area contributed by atoms with Crippen LogP contribution in [0.25, 0.3) is 0 Å². The lowest BCUT2D eigenvalue weighted by Gasteiger charge is -2.13. The number of nitrogens with one attached hydrogen (secondary N) is 2. The van der Waals surface area contributed by atoms with E-state index < -0.39 is 34.5 Å². The molecule has 0 spiro atoms. The largest absolute Gasteiger partial charge is 0.480 e.